The smallest absolute Gasteiger partial charge is 0.459 e. The number of para-hydroxylation sites is 1. The van der Waals surface area contributed by atoms with Crippen molar-refractivity contribution in [3.05, 3.63) is 63.2 Å². The van der Waals surface area contributed by atoms with Crippen LogP contribution in [0.1, 0.15) is 27.0 Å². The number of halogens is 1. The first-order valence-electron chi connectivity index (χ1n) is 11.2. The number of carbonyl (C=O) groups excluding carboxylic acids is 1. The zero-order chi connectivity index (χ0) is 27.3. The summed E-state index contributed by atoms with van der Waals surface area (Å²) in [5.41, 5.74) is -2.33. The molecular weight excluding hydrogens is 514 g/mol. The summed E-state index contributed by atoms with van der Waals surface area (Å²) >= 11 is 0. The fraction of sp³-hybridized carbons (Fsp3) is 0.455. The van der Waals surface area contributed by atoms with E-state index < -0.39 is 73.9 Å². The number of rotatable bonds is 10. The molecule has 0 saturated carbocycles. The largest absolute Gasteiger partial charge is 0.462 e. The highest BCUT2D eigenvalue weighted by atomic mass is 31.2. The van der Waals surface area contributed by atoms with Gasteiger partial charge in [-0.15, -0.1) is 0 Å². The summed E-state index contributed by atoms with van der Waals surface area (Å²) in [6.07, 6.45) is -4.27. The van der Waals surface area contributed by atoms with Crippen LogP contribution in [-0.2, 0) is 23.4 Å². The van der Waals surface area contributed by atoms with Gasteiger partial charge in [0.1, 0.15) is 29.9 Å². The molecule has 1 aromatic carbocycles. The van der Waals surface area contributed by atoms with Crippen molar-refractivity contribution in [3.63, 3.8) is 0 Å². The number of aliphatic hydroxyl groups excluding tert-OH is 1. The molecule has 0 spiro atoms. The van der Waals surface area contributed by atoms with Gasteiger partial charge in [0.2, 0.25) is 5.82 Å². The van der Waals surface area contributed by atoms with Crippen molar-refractivity contribution in [2.24, 2.45) is 5.92 Å². The Labute approximate surface area is 210 Å². The first-order chi connectivity index (χ1) is 17.4. The van der Waals surface area contributed by atoms with Gasteiger partial charge in [-0.25, -0.2) is 9.36 Å². The Kier molecular flexibility index (Phi) is 9.01. The van der Waals surface area contributed by atoms with Crippen molar-refractivity contribution in [1.29, 1.82) is 5.26 Å². The lowest BCUT2D eigenvalue weighted by Gasteiger charge is -2.25. The molecule has 1 aromatic heterocycles. The standard InChI is InChI=1S/C22H26FN4O9P/c1-12(2)34-21(30)13(3)26-37(32,36-14-7-5-4-6-8-14)33-11-17-18(28)15(9-24)20(35-17)27-10-16(23)19(29)25-22(27)31/h4-8,10,12-13,15,17-18,20,28H,11H2,1-3H3,(H,26,32)(H,25,29,31)/t13-,15-,17-,18+,20-,37?/m1/s1. The lowest BCUT2D eigenvalue weighted by atomic mass is 10.0. The van der Waals surface area contributed by atoms with Gasteiger partial charge in [0.15, 0.2) is 6.23 Å². The topological polar surface area (TPSA) is 182 Å². The van der Waals surface area contributed by atoms with Crippen molar-refractivity contribution >= 4 is 13.7 Å². The van der Waals surface area contributed by atoms with Crippen LogP contribution < -0.4 is 20.9 Å². The van der Waals surface area contributed by atoms with Crippen LogP contribution in [0.5, 0.6) is 5.75 Å². The Morgan fingerprint density at radius 2 is 2.00 bits per heavy atom. The number of nitriles is 1. The summed E-state index contributed by atoms with van der Waals surface area (Å²) in [7, 11) is -4.32. The van der Waals surface area contributed by atoms with Crippen molar-refractivity contribution in [1.82, 2.24) is 14.6 Å². The first kappa shape index (κ1) is 28.2. The Morgan fingerprint density at radius 3 is 2.62 bits per heavy atom. The zero-order valence-electron chi connectivity index (χ0n) is 20.1. The highest BCUT2D eigenvalue weighted by Gasteiger charge is 2.47. The molecule has 13 nitrogen and oxygen atoms in total. The molecule has 1 aliphatic heterocycles. The number of ether oxygens (including phenoxy) is 2. The van der Waals surface area contributed by atoms with Gasteiger partial charge in [-0.1, -0.05) is 18.2 Å². The van der Waals surface area contributed by atoms with Gasteiger partial charge in [0, 0.05) is 0 Å². The molecular formula is C22H26FN4O9P. The molecule has 2 aromatic rings. The van der Waals surface area contributed by atoms with E-state index in [-0.39, 0.29) is 5.75 Å². The molecule has 0 bridgehead atoms. The molecule has 0 radical (unpaired) electrons. The predicted octanol–water partition coefficient (Wildman–Crippen LogP) is 1.21. The molecule has 6 atom stereocenters. The second-order valence-electron chi connectivity index (χ2n) is 8.39. The highest BCUT2D eigenvalue weighted by molar-refractivity contribution is 7.52. The number of hydrogen-bond acceptors (Lipinski definition) is 10. The predicted molar refractivity (Wildman–Crippen MR) is 125 cm³/mol. The molecule has 2 heterocycles. The summed E-state index contributed by atoms with van der Waals surface area (Å²) in [6, 6.07) is 8.56. The van der Waals surface area contributed by atoms with E-state index in [9.17, 15) is 33.7 Å². The van der Waals surface area contributed by atoms with E-state index in [0.29, 0.717) is 10.8 Å². The fourth-order valence-electron chi connectivity index (χ4n) is 3.42. The number of aliphatic hydroxyl groups is 1. The number of carbonyl (C=O) groups is 1. The van der Waals surface area contributed by atoms with Crippen LogP contribution in [0.15, 0.2) is 46.1 Å². The maximum absolute atomic E-state index is 13.8. The molecule has 3 N–H and O–H groups in total. The van der Waals surface area contributed by atoms with E-state index in [4.69, 9.17) is 18.5 Å². The van der Waals surface area contributed by atoms with E-state index in [1.165, 1.54) is 19.1 Å². The summed E-state index contributed by atoms with van der Waals surface area (Å²) in [4.78, 5) is 37.5. The second-order valence-corrected chi connectivity index (χ2v) is 10.1. The number of aromatic nitrogens is 2. The quantitative estimate of drug-likeness (QED) is 0.291. The number of hydrogen-bond donors (Lipinski definition) is 3. The molecule has 0 aliphatic carbocycles. The number of esters is 1. The van der Waals surface area contributed by atoms with E-state index in [1.807, 2.05) is 0 Å². The Balaban J connectivity index is 1.81. The van der Waals surface area contributed by atoms with Crippen molar-refractivity contribution in [3.8, 4) is 11.8 Å². The minimum atomic E-state index is -4.32. The van der Waals surface area contributed by atoms with E-state index in [2.05, 4.69) is 5.09 Å². The zero-order valence-corrected chi connectivity index (χ0v) is 21.0. The molecule has 0 amide bonds. The van der Waals surface area contributed by atoms with Gasteiger partial charge in [-0.05, 0) is 32.9 Å². The molecule has 1 aliphatic rings. The Hall–Kier alpha value is -3.34. The van der Waals surface area contributed by atoms with E-state index in [0.717, 1.165) is 0 Å². The monoisotopic (exact) mass is 540 g/mol. The number of H-pyrrole nitrogens is 1. The normalized spacial score (nSPS) is 23.7. The maximum Gasteiger partial charge on any atom is 0.459 e. The Morgan fingerprint density at radius 1 is 1.32 bits per heavy atom. The van der Waals surface area contributed by atoms with Crippen LogP contribution in [-0.4, -0.2) is 51.6 Å². The van der Waals surface area contributed by atoms with Crippen molar-refractivity contribution in [2.45, 2.75) is 51.4 Å². The van der Waals surface area contributed by atoms with Gasteiger partial charge in [-0.2, -0.15) is 14.7 Å². The van der Waals surface area contributed by atoms with Gasteiger partial charge >= 0.3 is 19.4 Å². The SMILES string of the molecule is CC(C)OC(=O)[C@@H](C)NP(=O)(OC[C@H]1O[C@@H](n2cc(F)c(=O)[nH]c2=O)[C@H](C#N)[C@@H]1O)Oc1ccccc1. The number of nitrogens with one attached hydrogen (secondary N) is 2. The van der Waals surface area contributed by atoms with Crippen LogP contribution in [0.25, 0.3) is 0 Å². The molecule has 3 rings (SSSR count). The second kappa shape index (κ2) is 11.8. The van der Waals surface area contributed by atoms with E-state index in [1.54, 1.807) is 43.1 Å². The van der Waals surface area contributed by atoms with Crippen molar-refractivity contribution < 1.29 is 37.4 Å². The van der Waals surface area contributed by atoms with Crippen LogP contribution in [0.4, 0.5) is 4.39 Å². The van der Waals surface area contributed by atoms with Gasteiger partial charge in [0.05, 0.1) is 25.0 Å². The third kappa shape index (κ3) is 6.91. The van der Waals surface area contributed by atoms with Crippen LogP contribution in [0.3, 0.4) is 0 Å². The van der Waals surface area contributed by atoms with Gasteiger partial charge < -0.3 is 19.1 Å². The molecule has 1 fully saturated rings. The summed E-state index contributed by atoms with van der Waals surface area (Å²) in [5.74, 6) is -3.27. The Bertz CT molecular complexity index is 1310. The van der Waals surface area contributed by atoms with Gasteiger partial charge in [-0.3, -0.25) is 23.7 Å². The molecule has 1 unspecified atom stereocenters. The third-order valence-electron chi connectivity index (χ3n) is 5.15. The average Bonchev–Trinajstić information content (AvgIpc) is 3.15. The van der Waals surface area contributed by atoms with Crippen LogP contribution in [0, 0.1) is 23.1 Å². The summed E-state index contributed by atoms with van der Waals surface area (Å²) in [6.45, 7) is 4.04. The minimum absolute atomic E-state index is 0.138. The van der Waals surface area contributed by atoms with Gasteiger partial charge in [0.25, 0.3) is 5.56 Å². The molecule has 1 saturated heterocycles. The first-order valence-corrected chi connectivity index (χ1v) is 12.7. The third-order valence-corrected chi connectivity index (χ3v) is 6.80. The average molecular weight is 540 g/mol. The van der Waals surface area contributed by atoms with Crippen molar-refractivity contribution in [2.75, 3.05) is 6.61 Å². The minimum Gasteiger partial charge on any atom is -0.462 e. The van der Waals surface area contributed by atoms with Crippen LogP contribution in [0.2, 0.25) is 0 Å². The van der Waals surface area contributed by atoms with E-state index >= 15 is 0 Å². The van der Waals surface area contributed by atoms with Crippen LogP contribution >= 0.6 is 7.75 Å². The highest BCUT2D eigenvalue weighted by Crippen LogP contribution is 2.46. The number of benzene rings is 1. The summed E-state index contributed by atoms with van der Waals surface area (Å²) < 4.78 is 49.6. The molecule has 37 heavy (non-hydrogen) atoms. The lowest BCUT2D eigenvalue weighted by molar-refractivity contribution is -0.149. The molecule has 200 valence electrons. The number of nitrogens with zero attached hydrogens (tertiary/aromatic N) is 2. The maximum atomic E-state index is 13.8. The summed E-state index contributed by atoms with van der Waals surface area (Å²) in [5, 5.41) is 22.6. The fourth-order valence-corrected chi connectivity index (χ4v) is 4.92. The lowest BCUT2D eigenvalue weighted by Crippen LogP contribution is -2.37. The number of aromatic amines is 1. The molecule has 15 heteroatoms.